The zero-order valence-electron chi connectivity index (χ0n) is 18.7. The summed E-state index contributed by atoms with van der Waals surface area (Å²) in [6.45, 7) is 1.06. The number of ether oxygens (including phenoxy) is 1. The summed E-state index contributed by atoms with van der Waals surface area (Å²) < 4.78 is 33.7. The number of H-pyrrole nitrogens is 1. The summed E-state index contributed by atoms with van der Waals surface area (Å²) in [6, 6.07) is 16.8. The average molecular weight is 481 g/mol. The number of benzene rings is 2. The third kappa shape index (κ3) is 4.92. The Morgan fingerprint density at radius 2 is 1.79 bits per heavy atom. The molecule has 4 rings (SSSR count). The molecule has 2 heterocycles. The van der Waals surface area contributed by atoms with Crippen LogP contribution in [0.2, 0.25) is 0 Å². The van der Waals surface area contributed by atoms with Gasteiger partial charge in [-0.25, -0.2) is 18.1 Å². The fourth-order valence-corrected chi connectivity index (χ4v) is 4.63. The monoisotopic (exact) mass is 480 g/mol. The molecule has 0 atom stereocenters. The number of nitrogens with zero attached hydrogens (tertiary/aromatic N) is 2. The zero-order valence-corrected chi connectivity index (χ0v) is 19.6. The summed E-state index contributed by atoms with van der Waals surface area (Å²) in [7, 11) is -2.16. The minimum absolute atomic E-state index is 0.121. The standard InChI is InChI=1S/C24H24N4O5S/c1-16-26-21(14-28(16)2)34(31,32)25-13-12-22(30)33-15-20(29)23-18-10-6-7-11-19(18)27-24(23)17-8-4-3-5-9-17/h3-11,14,25,27H,12-13,15H2,1-2H3. The number of aryl methyl sites for hydroxylation is 2. The van der Waals surface area contributed by atoms with Gasteiger partial charge in [-0.3, -0.25) is 9.59 Å². The molecule has 0 unspecified atom stereocenters. The van der Waals surface area contributed by atoms with Gasteiger partial charge in [0.25, 0.3) is 10.0 Å². The second kappa shape index (κ2) is 9.62. The molecule has 0 saturated heterocycles. The number of imidazole rings is 1. The molecule has 0 aliphatic rings. The number of aromatic nitrogens is 3. The quantitative estimate of drug-likeness (QED) is 0.280. The first kappa shape index (κ1) is 23.4. The lowest BCUT2D eigenvalue weighted by Gasteiger charge is -2.07. The highest BCUT2D eigenvalue weighted by Gasteiger charge is 2.22. The number of para-hydroxylation sites is 1. The number of nitrogens with one attached hydrogen (secondary N) is 2. The van der Waals surface area contributed by atoms with Crippen LogP contribution in [0.25, 0.3) is 22.2 Å². The van der Waals surface area contributed by atoms with E-state index in [4.69, 9.17) is 4.74 Å². The van der Waals surface area contributed by atoms with Crippen molar-refractivity contribution < 1.29 is 22.7 Å². The molecule has 0 amide bonds. The maximum Gasteiger partial charge on any atom is 0.307 e. The van der Waals surface area contributed by atoms with Crippen LogP contribution in [0, 0.1) is 6.92 Å². The smallest absolute Gasteiger partial charge is 0.307 e. The van der Waals surface area contributed by atoms with Crippen molar-refractivity contribution in [1.82, 2.24) is 19.3 Å². The van der Waals surface area contributed by atoms with Gasteiger partial charge in [0.1, 0.15) is 5.82 Å². The number of esters is 1. The van der Waals surface area contributed by atoms with Crippen LogP contribution in [0.1, 0.15) is 22.6 Å². The molecule has 0 radical (unpaired) electrons. The summed E-state index contributed by atoms with van der Waals surface area (Å²) in [5.41, 5.74) is 2.74. The van der Waals surface area contributed by atoms with E-state index in [2.05, 4.69) is 14.7 Å². The summed E-state index contributed by atoms with van der Waals surface area (Å²) in [6.07, 6.45) is 1.16. The normalized spacial score (nSPS) is 11.6. The Kier molecular flexibility index (Phi) is 6.62. The van der Waals surface area contributed by atoms with Crippen molar-refractivity contribution in [2.24, 2.45) is 7.05 Å². The molecule has 176 valence electrons. The molecular formula is C24H24N4O5S. The van der Waals surface area contributed by atoms with E-state index >= 15 is 0 Å². The number of aromatic amines is 1. The number of ketones is 1. The largest absolute Gasteiger partial charge is 0.457 e. The number of fused-ring (bicyclic) bond motifs is 1. The van der Waals surface area contributed by atoms with Gasteiger partial charge < -0.3 is 14.3 Å². The summed E-state index contributed by atoms with van der Waals surface area (Å²) >= 11 is 0. The SMILES string of the molecule is Cc1nc(S(=O)(=O)NCCC(=O)OCC(=O)c2c(-c3ccccc3)[nH]c3ccccc23)cn1C. The van der Waals surface area contributed by atoms with Gasteiger partial charge in [0.15, 0.2) is 11.6 Å². The van der Waals surface area contributed by atoms with E-state index in [1.807, 2.05) is 54.6 Å². The van der Waals surface area contributed by atoms with Gasteiger partial charge in [-0.1, -0.05) is 48.5 Å². The highest BCUT2D eigenvalue weighted by atomic mass is 32.2. The van der Waals surface area contributed by atoms with Crippen LogP contribution < -0.4 is 4.72 Å². The predicted octanol–water partition coefficient (Wildman–Crippen LogP) is 2.97. The Balaban J connectivity index is 1.40. The van der Waals surface area contributed by atoms with E-state index < -0.39 is 22.6 Å². The van der Waals surface area contributed by atoms with Crippen LogP contribution in [-0.4, -0.2) is 47.9 Å². The molecular weight excluding hydrogens is 456 g/mol. The van der Waals surface area contributed by atoms with Crippen molar-refractivity contribution in [1.29, 1.82) is 0 Å². The molecule has 0 fully saturated rings. The Hall–Kier alpha value is -3.76. The second-order valence-corrected chi connectivity index (χ2v) is 9.47. The second-order valence-electron chi connectivity index (χ2n) is 7.76. The number of hydrogen-bond donors (Lipinski definition) is 2. The number of rotatable bonds is 9. The number of sulfonamides is 1. The van der Waals surface area contributed by atoms with Gasteiger partial charge in [0.2, 0.25) is 5.78 Å². The van der Waals surface area contributed by atoms with Crippen molar-refractivity contribution in [3.8, 4) is 11.3 Å². The lowest BCUT2D eigenvalue weighted by atomic mass is 10.0. The Bertz CT molecular complexity index is 1440. The molecule has 2 aromatic heterocycles. The third-order valence-electron chi connectivity index (χ3n) is 5.39. The highest BCUT2D eigenvalue weighted by Crippen LogP contribution is 2.30. The first-order valence-corrected chi connectivity index (χ1v) is 12.1. The van der Waals surface area contributed by atoms with Crippen molar-refractivity contribution in [3.05, 3.63) is 72.2 Å². The molecule has 0 bridgehead atoms. The van der Waals surface area contributed by atoms with Crippen LogP contribution in [0.15, 0.2) is 65.8 Å². The van der Waals surface area contributed by atoms with Gasteiger partial charge in [-0.05, 0) is 18.6 Å². The van der Waals surface area contributed by atoms with Gasteiger partial charge in [-0.15, -0.1) is 0 Å². The van der Waals surface area contributed by atoms with E-state index in [0.29, 0.717) is 17.1 Å². The van der Waals surface area contributed by atoms with Crippen molar-refractivity contribution in [3.63, 3.8) is 0 Å². The van der Waals surface area contributed by atoms with Crippen LogP contribution in [0.5, 0.6) is 0 Å². The first-order valence-electron chi connectivity index (χ1n) is 10.6. The molecule has 0 spiro atoms. The van der Waals surface area contributed by atoms with Gasteiger partial charge in [0.05, 0.1) is 17.7 Å². The van der Waals surface area contributed by atoms with Gasteiger partial charge >= 0.3 is 5.97 Å². The van der Waals surface area contributed by atoms with Crippen LogP contribution in [-0.2, 0) is 26.6 Å². The lowest BCUT2D eigenvalue weighted by Crippen LogP contribution is -2.27. The zero-order chi connectivity index (χ0) is 24.3. The molecule has 0 aliphatic carbocycles. The van der Waals surface area contributed by atoms with E-state index in [1.54, 1.807) is 18.5 Å². The minimum Gasteiger partial charge on any atom is -0.457 e. The number of carbonyl (C=O) groups excluding carboxylic acids is 2. The molecule has 4 aromatic rings. The summed E-state index contributed by atoms with van der Waals surface area (Å²) in [4.78, 5) is 32.5. The van der Waals surface area contributed by atoms with Crippen LogP contribution >= 0.6 is 0 Å². The van der Waals surface area contributed by atoms with E-state index in [0.717, 1.165) is 16.5 Å². The minimum atomic E-state index is -3.85. The fraction of sp³-hybridized carbons (Fsp3) is 0.208. The topological polar surface area (TPSA) is 123 Å². The molecule has 2 aromatic carbocycles. The maximum absolute atomic E-state index is 13.1. The van der Waals surface area contributed by atoms with E-state index in [9.17, 15) is 18.0 Å². The van der Waals surface area contributed by atoms with Crippen molar-refractivity contribution >= 4 is 32.7 Å². The number of hydrogen-bond acceptors (Lipinski definition) is 6. The highest BCUT2D eigenvalue weighted by molar-refractivity contribution is 7.89. The molecule has 34 heavy (non-hydrogen) atoms. The first-order chi connectivity index (χ1) is 16.3. The summed E-state index contributed by atoms with van der Waals surface area (Å²) in [5, 5.41) is 0.615. The summed E-state index contributed by atoms with van der Waals surface area (Å²) in [5.74, 6) is -0.492. The predicted molar refractivity (Wildman–Crippen MR) is 127 cm³/mol. The third-order valence-corrected chi connectivity index (χ3v) is 6.73. The molecule has 0 saturated carbocycles. The van der Waals surface area contributed by atoms with Crippen molar-refractivity contribution in [2.75, 3.05) is 13.2 Å². The van der Waals surface area contributed by atoms with Gasteiger partial charge in [-0.2, -0.15) is 0 Å². The van der Waals surface area contributed by atoms with Gasteiger partial charge in [0, 0.05) is 30.7 Å². The fourth-order valence-electron chi connectivity index (χ4n) is 3.56. The Morgan fingerprint density at radius 3 is 2.50 bits per heavy atom. The molecule has 2 N–H and O–H groups in total. The Morgan fingerprint density at radius 1 is 1.09 bits per heavy atom. The van der Waals surface area contributed by atoms with E-state index in [-0.39, 0.29) is 23.8 Å². The van der Waals surface area contributed by atoms with Crippen LogP contribution in [0.4, 0.5) is 0 Å². The molecule has 9 nitrogen and oxygen atoms in total. The number of carbonyl (C=O) groups is 2. The lowest BCUT2D eigenvalue weighted by molar-refractivity contribution is -0.142. The molecule has 10 heteroatoms. The van der Waals surface area contributed by atoms with E-state index in [1.165, 1.54) is 6.20 Å². The average Bonchev–Trinajstić information content (AvgIpc) is 3.38. The Labute approximate surface area is 196 Å². The maximum atomic E-state index is 13.1. The van der Waals surface area contributed by atoms with Crippen molar-refractivity contribution in [2.45, 2.75) is 18.4 Å². The van der Waals surface area contributed by atoms with Crippen LogP contribution in [0.3, 0.4) is 0 Å². The number of Topliss-reactive ketones (excluding diaryl/α,β-unsaturated/α-hetero) is 1. The molecule has 0 aliphatic heterocycles.